The molecule has 7 heteroatoms. The molecule has 0 aliphatic rings. The number of hydrogen-bond donors (Lipinski definition) is 2. The third-order valence-electron chi connectivity index (χ3n) is 2.50. The Balaban J connectivity index is 2.70. The molecule has 0 fully saturated rings. The van der Waals surface area contributed by atoms with Crippen LogP contribution in [0, 0.1) is 0 Å². The van der Waals surface area contributed by atoms with Crippen molar-refractivity contribution in [2.24, 2.45) is 0 Å². The molecule has 1 rings (SSSR count). The van der Waals surface area contributed by atoms with Gasteiger partial charge in [-0.05, 0) is 23.8 Å². The number of rotatable bonds is 5. The van der Waals surface area contributed by atoms with Crippen LogP contribution in [-0.2, 0) is 14.3 Å². The number of carboxylic acid groups (broad SMARTS) is 1. The number of benzene rings is 1. The fourth-order valence-electron chi connectivity index (χ4n) is 1.44. The summed E-state index contributed by atoms with van der Waals surface area (Å²) >= 11 is 0. The maximum atomic E-state index is 11.8. The summed E-state index contributed by atoms with van der Waals surface area (Å²) in [5.74, 6) is -1.58. The average Bonchev–Trinajstić information content (AvgIpc) is 2.45. The summed E-state index contributed by atoms with van der Waals surface area (Å²) in [6.07, 6.45) is 2.42. The highest BCUT2D eigenvalue weighted by Crippen LogP contribution is 2.12. The van der Waals surface area contributed by atoms with E-state index in [0.717, 1.165) is 6.08 Å². The molecular formula is C14H16N2O5. The SMILES string of the molecule is COC(=O)CN(C)C(=O)Nc1cccc(/C=C/C(=O)O)c1. The Labute approximate surface area is 121 Å². The number of nitrogens with one attached hydrogen (secondary N) is 1. The van der Waals surface area contributed by atoms with Crippen molar-refractivity contribution in [2.75, 3.05) is 26.0 Å². The molecule has 2 amide bonds. The van der Waals surface area contributed by atoms with E-state index in [9.17, 15) is 14.4 Å². The van der Waals surface area contributed by atoms with Crippen molar-refractivity contribution in [2.45, 2.75) is 0 Å². The van der Waals surface area contributed by atoms with E-state index in [1.807, 2.05) is 0 Å². The van der Waals surface area contributed by atoms with Crippen LogP contribution >= 0.6 is 0 Å². The van der Waals surface area contributed by atoms with E-state index < -0.39 is 18.0 Å². The van der Waals surface area contributed by atoms with Crippen molar-refractivity contribution < 1.29 is 24.2 Å². The van der Waals surface area contributed by atoms with Crippen LogP contribution in [0.5, 0.6) is 0 Å². The molecule has 0 radical (unpaired) electrons. The van der Waals surface area contributed by atoms with Gasteiger partial charge in [-0.2, -0.15) is 0 Å². The van der Waals surface area contributed by atoms with Crippen molar-refractivity contribution in [3.05, 3.63) is 35.9 Å². The Morgan fingerprint density at radius 1 is 1.38 bits per heavy atom. The maximum absolute atomic E-state index is 11.8. The molecule has 0 aliphatic carbocycles. The van der Waals surface area contributed by atoms with Crippen LogP contribution in [0.25, 0.3) is 6.08 Å². The molecule has 0 saturated heterocycles. The summed E-state index contributed by atoms with van der Waals surface area (Å²) in [7, 11) is 2.70. The first-order valence-electron chi connectivity index (χ1n) is 6.02. The van der Waals surface area contributed by atoms with Gasteiger partial charge in [0.05, 0.1) is 7.11 Å². The van der Waals surface area contributed by atoms with Gasteiger partial charge in [0.15, 0.2) is 0 Å². The Morgan fingerprint density at radius 3 is 2.71 bits per heavy atom. The average molecular weight is 292 g/mol. The van der Waals surface area contributed by atoms with Crippen LogP contribution in [-0.4, -0.2) is 48.7 Å². The Morgan fingerprint density at radius 2 is 2.10 bits per heavy atom. The summed E-state index contributed by atoms with van der Waals surface area (Å²) in [4.78, 5) is 34.5. The van der Waals surface area contributed by atoms with Crippen LogP contribution < -0.4 is 5.32 Å². The zero-order valence-corrected chi connectivity index (χ0v) is 11.7. The van der Waals surface area contributed by atoms with Gasteiger partial charge in [0.2, 0.25) is 0 Å². The lowest BCUT2D eigenvalue weighted by molar-refractivity contribution is -0.141. The van der Waals surface area contributed by atoms with E-state index >= 15 is 0 Å². The third kappa shape index (κ3) is 5.77. The summed E-state index contributed by atoms with van der Waals surface area (Å²) < 4.78 is 4.47. The number of esters is 1. The standard InChI is InChI=1S/C14H16N2O5/c1-16(9-13(19)21-2)14(20)15-11-5-3-4-10(8-11)6-7-12(17)18/h3-8H,9H2,1-2H3,(H,15,20)(H,17,18)/b7-6+. The molecular weight excluding hydrogens is 276 g/mol. The van der Waals surface area contributed by atoms with Gasteiger partial charge in [0.1, 0.15) is 6.54 Å². The molecule has 1 aromatic carbocycles. The molecule has 1 aromatic rings. The molecule has 0 bridgehead atoms. The van der Waals surface area contributed by atoms with Gasteiger partial charge in [0, 0.05) is 18.8 Å². The zero-order valence-electron chi connectivity index (χ0n) is 11.7. The van der Waals surface area contributed by atoms with Crippen LogP contribution in [0.1, 0.15) is 5.56 Å². The van der Waals surface area contributed by atoms with Gasteiger partial charge in [-0.3, -0.25) is 4.79 Å². The van der Waals surface area contributed by atoms with Gasteiger partial charge in [-0.25, -0.2) is 9.59 Å². The molecule has 0 heterocycles. The van der Waals surface area contributed by atoms with Gasteiger partial charge in [0.25, 0.3) is 0 Å². The first-order valence-corrected chi connectivity index (χ1v) is 6.02. The molecule has 0 aliphatic heterocycles. The minimum atomic E-state index is -1.05. The molecule has 0 aromatic heterocycles. The lowest BCUT2D eigenvalue weighted by Crippen LogP contribution is -2.35. The number of hydrogen-bond acceptors (Lipinski definition) is 4. The molecule has 7 nitrogen and oxygen atoms in total. The van der Waals surface area contributed by atoms with E-state index in [2.05, 4.69) is 10.1 Å². The van der Waals surface area contributed by atoms with Gasteiger partial charge in [-0.1, -0.05) is 12.1 Å². The van der Waals surface area contributed by atoms with Crippen LogP contribution in [0.15, 0.2) is 30.3 Å². The summed E-state index contributed by atoms with van der Waals surface area (Å²) in [6, 6.07) is 6.18. The number of aliphatic carboxylic acids is 1. The summed E-state index contributed by atoms with van der Waals surface area (Å²) in [6.45, 7) is -0.166. The van der Waals surface area contributed by atoms with Crippen molar-refractivity contribution >= 4 is 29.7 Å². The highest BCUT2D eigenvalue weighted by molar-refractivity contribution is 5.92. The Bertz CT molecular complexity index is 568. The van der Waals surface area contributed by atoms with Crippen LogP contribution in [0.4, 0.5) is 10.5 Å². The van der Waals surface area contributed by atoms with E-state index in [1.165, 1.54) is 25.1 Å². The summed E-state index contributed by atoms with van der Waals surface area (Å²) in [5.41, 5.74) is 1.12. The van der Waals surface area contributed by atoms with E-state index in [0.29, 0.717) is 11.3 Å². The van der Waals surface area contributed by atoms with Crippen LogP contribution in [0.2, 0.25) is 0 Å². The van der Waals surface area contributed by atoms with Crippen molar-refractivity contribution in [3.63, 3.8) is 0 Å². The zero-order chi connectivity index (χ0) is 15.8. The quantitative estimate of drug-likeness (QED) is 0.632. The summed E-state index contributed by atoms with van der Waals surface area (Å²) in [5, 5.41) is 11.2. The van der Waals surface area contributed by atoms with Crippen molar-refractivity contribution in [3.8, 4) is 0 Å². The molecule has 0 atom stereocenters. The van der Waals surface area contributed by atoms with Crippen molar-refractivity contribution in [1.82, 2.24) is 4.90 Å². The largest absolute Gasteiger partial charge is 0.478 e. The molecule has 0 spiro atoms. The maximum Gasteiger partial charge on any atom is 0.328 e. The van der Waals surface area contributed by atoms with Crippen molar-refractivity contribution in [1.29, 1.82) is 0 Å². The third-order valence-corrected chi connectivity index (χ3v) is 2.50. The number of carbonyl (C=O) groups excluding carboxylic acids is 2. The number of amides is 2. The predicted octanol–water partition coefficient (Wildman–Crippen LogP) is 1.42. The lowest BCUT2D eigenvalue weighted by Gasteiger charge is -2.16. The number of nitrogens with zero attached hydrogens (tertiary/aromatic N) is 1. The fraction of sp³-hybridized carbons (Fsp3) is 0.214. The molecule has 112 valence electrons. The number of ether oxygens (including phenoxy) is 1. The molecule has 2 N–H and O–H groups in total. The topological polar surface area (TPSA) is 95.9 Å². The van der Waals surface area contributed by atoms with Gasteiger partial charge < -0.3 is 20.1 Å². The number of carbonyl (C=O) groups is 3. The molecule has 0 saturated carbocycles. The number of urea groups is 1. The van der Waals surface area contributed by atoms with E-state index in [-0.39, 0.29) is 6.54 Å². The minimum absolute atomic E-state index is 0.166. The number of carboxylic acids is 1. The monoisotopic (exact) mass is 292 g/mol. The fourth-order valence-corrected chi connectivity index (χ4v) is 1.44. The first kappa shape index (κ1) is 16.2. The number of methoxy groups -OCH3 is 1. The highest BCUT2D eigenvalue weighted by Gasteiger charge is 2.13. The van der Waals surface area contributed by atoms with Crippen LogP contribution in [0.3, 0.4) is 0 Å². The highest BCUT2D eigenvalue weighted by atomic mass is 16.5. The van der Waals surface area contributed by atoms with E-state index in [4.69, 9.17) is 5.11 Å². The number of likely N-dealkylation sites (N-methyl/N-ethyl adjacent to an activating group) is 1. The first-order chi connectivity index (χ1) is 9.92. The molecule has 0 unspecified atom stereocenters. The predicted molar refractivity (Wildman–Crippen MR) is 76.8 cm³/mol. The lowest BCUT2D eigenvalue weighted by atomic mass is 10.2. The Kier molecular flexibility index (Phi) is 5.94. The second kappa shape index (κ2) is 7.68. The van der Waals surface area contributed by atoms with E-state index in [1.54, 1.807) is 24.3 Å². The Hall–Kier alpha value is -2.83. The number of anilines is 1. The van der Waals surface area contributed by atoms with Gasteiger partial charge in [-0.15, -0.1) is 0 Å². The smallest absolute Gasteiger partial charge is 0.328 e. The second-order valence-electron chi connectivity index (χ2n) is 4.16. The molecule has 21 heavy (non-hydrogen) atoms. The minimum Gasteiger partial charge on any atom is -0.478 e. The second-order valence-corrected chi connectivity index (χ2v) is 4.16. The van der Waals surface area contributed by atoms with Gasteiger partial charge >= 0.3 is 18.0 Å². The normalized spacial score (nSPS) is 10.2.